The van der Waals surface area contributed by atoms with Gasteiger partial charge in [0.1, 0.15) is 0 Å². The molecule has 5 nitrogen and oxygen atoms in total. The molecule has 0 fully saturated rings. The Kier molecular flexibility index (Phi) is 6.09. The summed E-state index contributed by atoms with van der Waals surface area (Å²) >= 11 is 0. The summed E-state index contributed by atoms with van der Waals surface area (Å²) in [6.07, 6.45) is 0. The van der Waals surface area contributed by atoms with Crippen molar-refractivity contribution in [2.45, 2.75) is 13.5 Å². The fourth-order valence-corrected chi connectivity index (χ4v) is 2.39. The molecule has 126 valence electrons. The van der Waals surface area contributed by atoms with Crippen LogP contribution in [0.2, 0.25) is 0 Å². The van der Waals surface area contributed by atoms with E-state index >= 15 is 0 Å². The van der Waals surface area contributed by atoms with Crippen LogP contribution in [-0.2, 0) is 16.1 Å². The molecule has 1 amide bonds. The molecule has 0 radical (unpaired) electrons. The summed E-state index contributed by atoms with van der Waals surface area (Å²) in [6, 6.07) is 14.7. The zero-order valence-electron chi connectivity index (χ0n) is 14.2. The van der Waals surface area contributed by atoms with E-state index in [0.29, 0.717) is 17.8 Å². The molecule has 0 aliphatic rings. The first-order valence-corrected chi connectivity index (χ1v) is 7.71. The summed E-state index contributed by atoms with van der Waals surface area (Å²) in [5.74, 6) is -0.497. The summed E-state index contributed by atoms with van der Waals surface area (Å²) in [7, 11) is 3.24. The van der Waals surface area contributed by atoms with Crippen LogP contribution in [0.5, 0.6) is 0 Å². The third-order valence-corrected chi connectivity index (χ3v) is 3.70. The largest absolute Gasteiger partial charge is 0.465 e. The fraction of sp³-hybridized carbons (Fsp3) is 0.263. The number of carbonyl (C=O) groups is 2. The first kappa shape index (κ1) is 17.7. The van der Waals surface area contributed by atoms with Gasteiger partial charge in [0.2, 0.25) is 5.91 Å². The Morgan fingerprint density at radius 3 is 2.38 bits per heavy atom. The standard InChI is InChI=1S/C19H22N2O3/c1-14-6-4-5-7-16(14)12-21(2)13-18(22)20-17-10-8-15(9-11-17)19(23)24-3/h4-11H,12-13H2,1-3H3,(H,20,22). The van der Waals surface area contributed by atoms with Crippen LogP contribution in [0.4, 0.5) is 5.69 Å². The van der Waals surface area contributed by atoms with E-state index in [0.717, 1.165) is 0 Å². The van der Waals surface area contributed by atoms with Crippen LogP contribution < -0.4 is 5.32 Å². The number of likely N-dealkylation sites (N-methyl/N-ethyl adjacent to an activating group) is 1. The number of nitrogens with zero attached hydrogens (tertiary/aromatic N) is 1. The van der Waals surface area contributed by atoms with Crippen LogP contribution in [0.15, 0.2) is 48.5 Å². The fourth-order valence-electron chi connectivity index (χ4n) is 2.39. The first-order valence-electron chi connectivity index (χ1n) is 7.71. The lowest BCUT2D eigenvalue weighted by Gasteiger charge is -2.17. The zero-order valence-corrected chi connectivity index (χ0v) is 14.2. The van der Waals surface area contributed by atoms with Crippen LogP contribution >= 0.6 is 0 Å². The number of carbonyl (C=O) groups excluding carboxylic acids is 2. The summed E-state index contributed by atoms with van der Waals surface area (Å²) in [4.78, 5) is 25.5. The lowest BCUT2D eigenvalue weighted by molar-refractivity contribution is -0.117. The third kappa shape index (κ3) is 4.93. The number of aryl methyl sites for hydroxylation is 1. The normalized spacial score (nSPS) is 10.5. The molecule has 2 rings (SSSR count). The number of hydrogen-bond donors (Lipinski definition) is 1. The number of benzene rings is 2. The van der Waals surface area contributed by atoms with E-state index in [2.05, 4.69) is 29.1 Å². The van der Waals surface area contributed by atoms with Gasteiger partial charge < -0.3 is 10.1 Å². The number of hydrogen-bond acceptors (Lipinski definition) is 4. The second-order valence-electron chi connectivity index (χ2n) is 5.72. The number of esters is 1. The van der Waals surface area contributed by atoms with Gasteiger partial charge in [-0.2, -0.15) is 0 Å². The molecular formula is C19H22N2O3. The predicted octanol–water partition coefficient (Wildman–Crippen LogP) is 2.85. The maximum Gasteiger partial charge on any atom is 0.337 e. The summed E-state index contributed by atoms with van der Waals surface area (Å²) in [6.45, 7) is 3.06. The number of anilines is 1. The maximum atomic E-state index is 12.1. The number of rotatable bonds is 6. The van der Waals surface area contributed by atoms with Crippen molar-refractivity contribution < 1.29 is 14.3 Å². The van der Waals surface area contributed by atoms with Gasteiger partial charge in [-0.1, -0.05) is 24.3 Å². The van der Waals surface area contributed by atoms with Gasteiger partial charge in [0, 0.05) is 12.2 Å². The molecule has 0 heterocycles. The molecule has 0 bridgehead atoms. The summed E-state index contributed by atoms with van der Waals surface area (Å²) in [5.41, 5.74) is 3.52. The van der Waals surface area contributed by atoms with Crippen LogP contribution in [0.3, 0.4) is 0 Å². The Morgan fingerprint density at radius 1 is 1.08 bits per heavy atom. The number of amides is 1. The smallest absolute Gasteiger partial charge is 0.337 e. The number of nitrogens with one attached hydrogen (secondary N) is 1. The van der Waals surface area contributed by atoms with Crippen LogP contribution in [0, 0.1) is 6.92 Å². The van der Waals surface area contributed by atoms with Crippen LogP contribution in [-0.4, -0.2) is 37.5 Å². The Morgan fingerprint density at radius 2 is 1.75 bits per heavy atom. The highest BCUT2D eigenvalue weighted by atomic mass is 16.5. The average molecular weight is 326 g/mol. The minimum Gasteiger partial charge on any atom is -0.465 e. The van der Waals surface area contributed by atoms with Gasteiger partial charge in [-0.3, -0.25) is 9.69 Å². The molecular weight excluding hydrogens is 304 g/mol. The van der Waals surface area contributed by atoms with Crippen molar-refractivity contribution in [2.75, 3.05) is 26.0 Å². The molecule has 5 heteroatoms. The Labute approximate surface area is 142 Å². The van der Waals surface area contributed by atoms with Gasteiger partial charge >= 0.3 is 5.97 Å². The Bertz CT molecular complexity index is 711. The monoisotopic (exact) mass is 326 g/mol. The highest BCUT2D eigenvalue weighted by Crippen LogP contribution is 2.12. The lowest BCUT2D eigenvalue weighted by atomic mass is 10.1. The number of ether oxygens (including phenoxy) is 1. The first-order chi connectivity index (χ1) is 11.5. The Hall–Kier alpha value is -2.66. The van der Waals surface area contributed by atoms with E-state index in [4.69, 9.17) is 0 Å². The van der Waals surface area contributed by atoms with Gasteiger partial charge in [0.15, 0.2) is 0 Å². The second-order valence-corrected chi connectivity index (χ2v) is 5.72. The van der Waals surface area contributed by atoms with E-state index in [-0.39, 0.29) is 12.5 Å². The minimum atomic E-state index is -0.397. The second kappa shape index (κ2) is 8.26. The van der Waals surface area contributed by atoms with Crippen molar-refractivity contribution in [1.29, 1.82) is 0 Å². The molecule has 0 atom stereocenters. The average Bonchev–Trinajstić information content (AvgIpc) is 2.56. The van der Waals surface area contributed by atoms with Crippen molar-refractivity contribution >= 4 is 17.6 Å². The topological polar surface area (TPSA) is 58.6 Å². The van der Waals surface area contributed by atoms with Crippen molar-refractivity contribution in [3.8, 4) is 0 Å². The van der Waals surface area contributed by atoms with E-state index < -0.39 is 5.97 Å². The van der Waals surface area contributed by atoms with E-state index in [1.807, 2.05) is 24.1 Å². The van der Waals surface area contributed by atoms with E-state index in [1.54, 1.807) is 24.3 Å². The predicted molar refractivity (Wildman–Crippen MR) is 93.9 cm³/mol. The highest BCUT2D eigenvalue weighted by molar-refractivity contribution is 5.93. The lowest BCUT2D eigenvalue weighted by Crippen LogP contribution is -2.30. The van der Waals surface area contributed by atoms with Gasteiger partial charge in [-0.25, -0.2) is 4.79 Å². The molecule has 0 spiro atoms. The van der Waals surface area contributed by atoms with Crippen molar-refractivity contribution in [3.05, 3.63) is 65.2 Å². The Balaban J connectivity index is 1.88. The van der Waals surface area contributed by atoms with Gasteiger partial charge in [0.25, 0.3) is 0 Å². The molecule has 0 aliphatic heterocycles. The maximum absolute atomic E-state index is 12.1. The molecule has 0 unspecified atom stereocenters. The molecule has 2 aromatic carbocycles. The molecule has 1 N–H and O–H groups in total. The molecule has 0 aliphatic carbocycles. The third-order valence-electron chi connectivity index (χ3n) is 3.70. The molecule has 0 saturated carbocycles. The summed E-state index contributed by atoms with van der Waals surface area (Å²) < 4.78 is 4.64. The minimum absolute atomic E-state index is 0.100. The quantitative estimate of drug-likeness (QED) is 0.829. The molecule has 24 heavy (non-hydrogen) atoms. The zero-order chi connectivity index (χ0) is 17.5. The summed E-state index contributed by atoms with van der Waals surface area (Å²) in [5, 5.41) is 2.82. The highest BCUT2D eigenvalue weighted by Gasteiger charge is 2.10. The van der Waals surface area contributed by atoms with Crippen molar-refractivity contribution in [1.82, 2.24) is 4.90 Å². The van der Waals surface area contributed by atoms with E-state index in [1.165, 1.54) is 18.2 Å². The number of methoxy groups -OCH3 is 1. The molecule has 2 aromatic rings. The SMILES string of the molecule is COC(=O)c1ccc(NC(=O)CN(C)Cc2ccccc2C)cc1. The van der Waals surface area contributed by atoms with Gasteiger partial charge in [-0.05, 0) is 49.4 Å². The van der Waals surface area contributed by atoms with E-state index in [9.17, 15) is 9.59 Å². The van der Waals surface area contributed by atoms with Crippen molar-refractivity contribution in [3.63, 3.8) is 0 Å². The molecule has 0 saturated heterocycles. The van der Waals surface area contributed by atoms with Crippen LogP contribution in [0.25, 0.3) is 0 Å². The molecule has 0 aromatic heterocycles. The van der Waals surface area contributed by atoms with Gasteiger partial charge in [0.05, 0.1) is 19.2 Å². The van der Waals surface area contributed by atoms with Gasteiger partial charge in [-0.15, -0.1) is 0 Å². The van der Waals surface area contributed by atoms with Crippen LogP contribution in [0.1, 0.15) is 21.5 Å². The van der Waals surface area contributed by atoms with Crippen molar-refractivity contribution in [2.24, 2.45) is 0 Å².